The van der Waals surface area contributed by atoms with E-state index < -0.39 is 0 Å². The SMILES string of the molecule is CO[C@@H]1[C@H](OC(=O)/C=C/[C@H]2O[C@@H]2C)CCC2(CC2)[C@H]1[C@@]1(C)O[C@@H]1CC=C(C)C. The molecule has 1 spiro atoms. The molecule has 4 aliphatic rings. The first-order valence-corrected chi connectivity index (χ1v) is 10.7. The summed E-state index contributed by atoms with van der Waals surface area (Å²) in [5.74, 6) is -0.0360. The van der Waals surface area contributed by atoms with Gasteiger partial charge in [-0.3, -0.25) is 0 Å². The van der Waals surface area contributed by atoms with Crippen LogP contribution in [-0.2, 0) is 23.7 Å². The second-order valence-electron chi connectivity index (χ2n) is 9.53. The number of esters is 1. The molecular formula is C23H34O5. The molecule has 0 aromatic rings. The number of carbonyl (C=O) groups excluding carboxylic acids is 1. The van der Waals surface area contributed by atoms with Crippen molar-refractivity contribution in [2.45, 2.75) is 95.9 Å². The second-order valence-corrected chi connectivity index (χ2v) is 9.53. The molecule has 2 aliphatic carbocycles. The zero-order chi connectivity index (χ0) is 20.1. The highest BCUT2D eigenvalue weighted by Crippen LogP contribution is 2.67. The zero-order valence-electron chi connectivity index (χ0n) is 17.8. The molecule has 7 atom stereocenters. The normalized spacial score (nSPS) is 43.0. The fraction of sp³-hybridized carbons (Fsp3) is 0.783. The van der Waals surface area contributed by atoms with Crippen molar-refractivity contribution in [2.75, 3.05) is 7.11 Å². The smallest absolute Gasteiger partial charge is 0.330 e. The minimum atomic E-state index is -0.303. The number of hydrogen-bond donors (Lipinski definition) is 0. The van der Waals surface area contributed by atoms with Gasteiger partial charge in [-0.05, 0) is 71.3 Å². The van der Waals surface area contributed by atoms with Gasteiger partial charge in [0.05, 0.1) is 17.8 Å². The monoisotopic (exact) mass is 390 g/mol. The summed E-state index contributed by atoms with van der Waals surface area (Å²) in [6.07, 6.45) is 11.0. The lowest BCUT2D eigenvalue weighted by Gasteiger charge is -2.44. The summed E-state index contributed by atoms with van der Waals surface area (Å²) >= 11 is 0. The van der Waals surface area contributed by atoms with E-state index in [1.54, 1.807) is 13.2 Å². The Labute approximate surface area is 168 Å². The molecule has 4 rings (SSSR count). The minimum Gasteiger partial charge on any atom is -0.456 e. The van der Waals surface area contributed by atoms with E-state index in [0.29, 0.717) is 5.41 Å². The van der Waals surface area contributed by atoms with E-state index in [-0.39, 0.29) is 48.0 Å². The lowest BCUT2D eigenvalue weighted by molar-refractivity contribution is -0.167. The number of rotatable bonds is 7. The number of epoxide rings is 2. The molecule has 2 heterocycles. The number of carbonyl (C=O) groups is 1. The number of ether oxygens (including phenoxy) is 4. The first-order chi connectivity index (χ1) is 13.3. The van der Waals surface area contributed by atoms with E-state index in [2.05, 4.69) is 26.8 Å². The molecule has 156 valence electrons. The van der Waals surface area contributed by atoms with Crippen LogP contribution in [0, 0.1) is 11.3 Å². The molecule has 0 unspecified atom stereocenters. The van der Waals surface area contributed by atoms with Crippen LogP contribution in [0.4, 0.5) is 0 Å². The van der Waals surface area contributed by atoms with Crippen molar-refractivity contribution < 1.29 is 23.7 Å². The summed E-state index contributed by atoms with van der Waals surface area (Å²) in [5, 5.41) is 0. The first-order valence-electron chi connectivity index (χ1n) is 10.7. The fourth-order valence-electron chi connectivity index (χ4n) is 5.32. The maximum Gasteiger partial charge on any atom is 0.330 e. The number of allylic oxidation sites excluding steroid dienone is 1. The van der Waals surface area contributed by atoms with E-state index in [4.69, 9.17) is 18.9 Å². The standard InChI is InChI=1S/C23H34O5/c1-14(2)6-8-18-22(4,28-18)21-20(25-5)17(10-11-23(21)12-13-23)27-19(24)9-7-16-15(3)26-16/h6-7,9,15-18,20-21H,8,10-13H2,1-5H3/b9-7+/t15-,16-,17-,18-,20-,21-,22+/m1/s1. The van der Waals surface area contributed by atoms with Crippen LogP contribution in [0.2, 0.25) is 0 Å². The Morgan fingerprint density at radius 3 is 2.54 bits per heavy atom. The van der Waals surface area contributed by atoms with Crippen LogP contribution >= 0.6 is 0 Å². The highest BCUT2D eigenvalue weighted by atomic mass is 16.6. The van der Waals surface area contributed by atoms with Crippen LogP contribution < -0.4 is 0 Å². The van der Waals surface area contributed by atoms with Gasteiger partial charge in [0.2, 0.25) is 0 Å². The van der Waals surface area contributed by atoms with Gasteiger partial charge in [0.25, 0.3) is 0 Å². The molecule has 2 saturated heterocycles. The third kappa shape index (κ3) is 3.81. The van der Waals surface area contributed by atoms with Crippen molar-refractivity contribution in [1.29, 1.82) is 0 Å². The Bertz CT molecular complexity index is 674. The Morgan fingerprint density at radius 1 is 1.25 bits per heavy atom. The van der Waals surface area contributed by atoms with Gasteiger partial charge in [0, 0.05) is 19.1 Å². The lowest BCUT2D eigenvalue weighted by Crippen LogP contribution is -2.52. The fourth-order valence-corrected chi connectivity index (χ4v) is 5.32. The molecule has 0 aromatic heterocycles. The predicted octanol–water partition coefficient (Wildman–Crippen LogP) is 3.96. The van der Waals surface area contributed by atoms with Crippen molar-refractivity contribution in [3.8, 4) is 0 Å². The maximum atomic E-state index is 12.3. The molecule has 5 nitrogen and oxygen atoms in total. The van der Waals surface area contributed by atoms with Crippen LogP contribution in [0.25, 0.3) is 0 Å². The van der Waals surface area contributed by atoms with E-state index >= 15 is 0 Å². The van der Waals surface area contributed by atoms with Gasteiger partial charge in [0.15, 0.2) is 0 Å². The van der Waals surface area contributed by atoms with Crippen molar-refractivity contribution in [3.63, 3.8) is 0 Å². The van der Waals surface area contributed by atoms with Gasteiger partial charge in [-0.15, -0.1) is 0 Å². The number of methoxy groups -OCH3 is 1. The van der Waals surface area contributed by atoms with Crippen LogP contribution in [0.3, 0.4) is 0 Å². The van der Waals surface area contributed by atoms with Crippen molar-refractivity contribution in [1.82, 2.24) is 0 Å². The highest BCUT2D eigenvalue weighted by Gasteiger charge is 2.70. The van der Waals surface area contributed by atoms with Crippen molar-refractivity contribution in [2.24, 2.45) is 11.3 Å². The zero-order valence-corrected chi connectivity index (χ0v) is 17.8. The Morgan fingerprint density at radius 2 is 1.96 bits per heavy atom. The summed E-state index contributed by atoms with van der Waals surface area (Å²) in [6.45, 7) is 8.46. The average molecular weight is 391 g/mol. The Balaban J connectivity index is 1.45. The molecule has 28 heavy (non-hydrogen) atoms. The molecule has 0 radical (unpaired) electrons. The lowest BCUT2D eigenvalue weighted by atomic mass is 9.66. The molecule has 0 bridgehead atoms. The highest BCUT2D eigenvalue weighted by molar-refractivity contribution is 5.82. The molecule has 0 amide bonds. The molecular weight excluding hydrogens is 356 g/mol. The number of hydrogen-bond acceptors (Lipinski definition) is 5. The molecule has 2 saturated carbocycles. The van der Waals surface area contributed by atoms with Crippen LogP contribution in [0.5, 0.6) is 0 Å². The van der Waals surface area contributed by atoms with Crippen molar-refractivity contribution in [3.05, 3.63) is 23.8 Å². The van der Waals surface area contributed by atoms with Gasteiger partial charge >= 0.3 is 5.97 Å². The van der Waals surface area contributed by atoms with Crippen molar-refractivity contribution >= 4 is 5.97 Å². The van der Waals surface area contributed by atoms with Gasteiger partial charge in [-0.2, -0.15) is 0 Å². The second kappa shape index (κ2) is 7.26. The topological polar surface area (TPSA) is 60.6 Å². The van der Waals surface area contributed by atoms with Crippen LogP contribution in [0.1, 0.15) is 59.8 Å². The van der Waals surface area contributed by atoms with Crippen LogP contribution in [0.15, 0.2) is 23.8 Å². The minimum absolute atomic E-state index is 0.0502. The molecule has 2 aliphatic heterocycles. The van der Waals surface area contributed by atoms with Gasteiger partial charge < -0.3 is 18.9 Å². The molecule has 5 heteroatoms. The van der Waals surface area contributed by atoms with E-state index in [0.717, 1.165) is 19.3 Å². The van der Waals surface area contributed by atoms with Gasteiger partial charge in [0.1, 0.15) is 18.3 Å². The van der Waals surface area contributed by atoms with Gasteiger partial charge in [-0.25, -0.2) is 4.79 Å². The summed E-state index contributed by atoms with van der Waals surface area (Å²) < 4.78 is 23.4. The first kappa shape index (κ1) is 20.1. The van der Waals surface area contributed by atoms with E-state index in [9.17, 15) is 4.79 Å². The van der Waals surface area contributed by atoms with Gasteiger partial charge in [-0.1, -0.05) is 11.6 Å². The van der Waals surface area contributed by atoms with E-state index in [1.807, 2.05) is 6.92 Å². The molecule has 0 aromatic carbocycles. The maximum absolute atomic E-state index is 12.3. The average Bonchev–Trinajstić information content (AvgIpc) is 3.57. The molecule has 0 N–H and O–H groups in total. The van der Waals surface area contributed by atoms with Crippen LogP contribution in [-0.4, -0.2) is 49.2 Å². The quantitative estimate of drug-likeness (QED) is 0.285. The third-order valence-electron chi connectivity index (χ3n) is 7.23. The third-order valence-corrected chi connectivity index (χ3v) is 7.23. The summed E-state index contributed by atoms with van der Waals surface area (Å²) in [6, 6.07) is 0. The summed E-state index contributed by atoms with van der Waals surface area (Å²) in [5.41, 5.74) is 1.42. The Kier molecular flexibility index (Phi) is 5.22. The largest absolute Gasteiger partial charge is 0.456 e. The summed E-state index contributed by atoms with van der Waals surface area (Å²) in [7, 11) is 1.74. The molecule has 4 fully saturated rings. The Hall–Kier alpha value is -1.17. The van der Waals surface area contributed by atoms with E-state index in [1.165, 1.54) is 24.5 Å². The predicted molar refractivity (Wildman–Crippen MR) is 106 cm³/mol. The summed E-state index contributed by atoms with van der Waals surface area (Å²) in [4.78, 5) is 12.3.